The predicted molar refractivity (Wildman–Crippen MR) is 68.0 cm³/mol. The molecule has 0 N–H and O–H groups in total. The fourth-order valence-electron chi connectivity index (χ4n) is 1.78. The molecule has 1 rings (SSSR count). The average molecular weight is 247 g/mol. The summed E-state index contributed by atoms with van der Waals surface area (Å²) in [6, 6.07) is 5.42. The van der Waals surface area contributed by atoms with Gasteiger partial charge in [0.15, 0.2) is 11.9 Å². The average Bonchev–Trinajstić information content (AvgIpc) is 2.36. The number of carbonyl (C=O) groups excluding carboxylic acids is 2. The van der Waals surface area contributed by atoms with E-state index in [0.717, 1.165) is 6.08 Å². The first-order chi connectivity index (χ1) is 8.39. The van der Waals surface area contributed by atoms with Gasteiger partial charge in [-0.3, -0.25) is 9.78 Å². The quantitative estimate of drug-likeness (QED) is 0.590. The first kappa shape index (κ1) is 14.1. The molecule has 1 atom stereocenters. The number of ketones is 1. The lowest BCUT2D eigenvalue weighted by molar-refractivity contribution is -0.153. The Bertz CT molecular complexity index is 451. The SMILES string of the molecule is C=CC(=O)OC(C(C)=O)C(C)(C)c1ccccn1. The van der Waals surface area contributed by atoms with E-state index in [-0.39, 0.29) is 5.78 Å². The minimum Gasteiger partial charge on any atom is -0.450 e. The van der Waals surface area contributed by atoms with Crippen LogP contribution >= 0.6 is 0 Å². The highest BCUT2D eigenvalue weighted by molar-refractivity contribution is 5.88. The summed E-state index contributed by atoms with van der Waals surface area (Å²) in [7, 11) is 0. The van der Waals surface area contributed by atoms with E-state index in [0.29, 0.717) is 5.69 Å². The van der Waals surface area contributed by atoms with Crippen LogP contribution in [-0.2, 0) is 19.7 Å². The second-order valence-electron chi connectivity index (χ2n) is 4.57. The van der Waals surface area contributed by atoms with E-state index >= 15 is 0 Å². The summed E-state index contributed by atoms with van der Waals surface area (Å²) in [6.07, 6.45) is 1.81. The van der Waals surface area contributed by atoms with Crippen molar-refractivity contribution in [3.63, 3.8) is 0 Å². The molecule has 0 saturated heterocycles. The van der Waals surface area contributed by atoms with Crippen molar-refractivity contribution in [2.75, 3.05) is 0 Å². The van der Waals surface area contributed by atoms with E-state index in [1.807, 2.05) is 19.9 Å². The van der Waals surface area contributed by atoms with Gasteiger partial charge in [-0.1, -0.05) is 26.5 Å². The number of ether oxygens (including phenoxy) is 1. The zero-order chi connectivity index (χ0) is 13.8. The van der Waals surface area contributed by atoms with Crippen LogP contribution in [0.3, 0.4) is 0 Å². The smallest absolute Gasteiger partial charge is 0.330 e. The van der Waals surface area contributed by atoms with Crippen molar-refractivity contribution in [3.8, 4) is 0 Å². The van der Waals surface area contributed by atoms with Crippen LogP contribution in [0.2, 0.25) is 0 Å². The second kappa shape index (κ2) is 5.58. The number of carbonyl (C=O) groups is 2. The maximum atomic E-state index is 11.7. The topological polar surface area (TPSA) is 56.3 Å². The van der Waals surface area contributed by atoms with Crippen molar-refractivity contribution < 1.29 is 14.3 Å². The van der Waals surface area contributed by atoms with Crippen molar-refractivity contribution in [1.82, 2.24) is 4.98 Å². The Morgan fingerprint density at radius 1 is 1.44 bits per heavy atom. The van der Waals surface area contributed by atoms with Gasteiger partial charge >= 0.3 is 5.97 Å². The van der Waals surface area contributed by atoms with Crippen molar-refractivity contribution in [1.29, 1.82) is 0 Å². The maximum absolute atomic E-state index is 11.7. The molecule has 0 saturated carbocycles. The van der Waals surface area contributed by atoms with Crippen molar-refractivity contribution >= 4 is 11.8 Å². The lowest BCUT2D eigenvalue weighted by Gasteiger charge is -2.31. The molecule has 1 unspecified atom stereocenters. The second-order valence-corrected chi connectivity index (χ2v) is 4.57. The molecule has 0 aliphatic carbocycles. The number of hydrogen-bond donors (Lipinski definition) is 0. The summed E-state index contributed by atoms with van der Waals surface area (Å²) in [5, 5.41) is 0. The molecule has 96 valence electrons. The van der Waals surface area contributed by atoms with Crippen LogP contribution in [0.5, 0.6) is 0 Å². The Hall–Kier alpha value is -1.97. The molecule has 0 bridgehead atoms. The summed E-state index contributed by atoms with van der Waals surface area (Å²) in [6.45, 7) is 8.36. The molecule has 0 aliphatic heterocycles. The molecule has 0 radical (unpaired) electrons. The molecule has 0 spiro atoms. The van der Waals surface area contributed by atoms with Crippen molar-refractivity contribution in [2.45, 2.75) is 32.3 Å². The van der Waals surface area contributed by atoms with Crippen molar-refractivity contribution in [3.05, 3.63) is 42.7 Å². The van der Waals surface area contributed by atoms with Gasteiger partial charge < -0.3 is 4.74 Å². The number of rotatable bonds is 5. The molecule has 0 amide bonds. The lowest BCUT2D eigenvalue weighted by Crippen LogP contribution is -2.42. The third-order valence-corrected chi connectivity index (χ3v) is 2.75. The molecule has 18 heavy (non-hydrogen) atoms. The zero-order valence-electron chi connectivity index (χ0n) is 10.8. The normalized spacial score (nSPS) is 12.6. The van der Waals surface area contributed by atoms with Gasteiger partial charge in [-0.05, 0) is 19.1 Å². The summed E-state index contributed by atoms with van der Waals surface area (Å²) in [4.78, 5) is 27.2. The van der Waals surface area contributed by atoms with E-state index in [1.54, 1.807) is 18.3 Å². The highest BCUT2D eigenvalue weighted by Gasteiger charge is 2.38. The number of hydrogen-bond acceptors (Lipinski definition) is 4. The third kappa shape index (κ3) is 3.03. The third-order valence-electron chi connectivity index (χ3n) is 2.75. The van der Waals surface area contributed by atoms with Gasteiger partial charge in [-0.2, -0.15) is 0 Å². The first-order valence-electron chi connectivity index (χ1n) is 5.64. The van der Waals surface area contributed by atoms with E-state index in [9.17, 15) is 9.59 Å². The number of esters is 1. The largest absolute Gasteiger partial charge is 0.450 e. The van der Waals surface area contributed by atoms with Crippen LogP contribution in [0, 0.1) is 0 Å². The molecular weight excluding hydrogens is 230 g/mol. The minimum atomic E-state index is -0.877. The standard InChI is InChI=1S/C14H17NO3/c1-5-12(17)18-13(10(2)16)14(3,4)11-8-6-7-9-15-11/h5-9,13H,1H2,2-4H3. The van der Waals surface area contributed by atoms with Gasteiger partial charge in [0.1, 0.15) is 0 Å². The first-order valence-corrected chi connectivity index (χ1v) is 5.64. The summed E-state index contributed by atoms with van der Waals surface area (Å²) >= 11 is 0. The molecule has 0 aliphatic rings. The fourth-order valence-corrected chi connectivity index (χ4v) is 1.78. The summed E-state index contributed by atoms with van der Waals surface area (Å²) < 4.78 is 5.13. The molecule has 4 heteroatoms. The predicted octanol–water partition coefficient (Wildman–Crippen LogP) is 2.05. The molecule has 1 aromatic heterocycles. The number of Topliss-reactive ketones (excluding diaryl/α,β-unsaturated/α-hetero) is 1. The zero-order valence-corrected chi connectivity index (χ0v) is 10.8. The van der Waals surface area contributed by atoms with Gasteiger partial charge in [-0.25, -0.2) is 4.79 Å². The van der Waals surface area contributed by atoms with Crippen LogP contribution in [-0.4, -0.2) is 22.8 Å². The fraction of sp³-hybridized carbons (Fsp3) is 0.357. The van der Waals surface area contributed by atoms with Gasteiger partial charge in [0.05, 0.1) is 11.1 Å². The minimum absolute atomic E-state index is 0.221. The van der Waals surface area contributed by atoms with Crippen LogP contribution < -0.4 is 0 Å². The number of aromatic nitrogens is 1. The highest BCUT2D eigenvalue weighted by atomic mass is 16.5. The van der Waals surface area contributed by atoms with E-state index in [1.165, 1.54) is 6.92 Å². The molecule has 4 nitrogen and oxygen atoms in total. The maximum Gasteiger partial charge on any atom is 0.330 e. The number of nitrogens with zero attached hydrogens (tertiary/aromatic N) is 1. The number of pyridine rings is 1. The highest BCUT2D eigenvalue weighted by Crippen LogP contribution is 2.28. The summed E-state index contributed by atoms with van der Waals surface area (Å²) in [5.74, 6) is -0.833. The van der Waals surface area contributed by atoms with E-state index < -0.39 is 17.5 Å². The Labute approximate surface area is 107 Å². The van der Waals surface area contributed by atoms with E-state index in [2.05, 4.69) is 11.6 Å². The Balaban J connectivity index is 3.08. The molecule has 0 aromatic carbocycles. The van der Waals surface area contributed by atoms with Crippen LogP contribution in [0.25, 0.3) is 0 Å². The van der Waals surface area contributed by atoms with Gasteiger partial charge in [0, 0.05) is 12.3 Å². The molecule has 1 aromatic rings. The molecule has 0 fully saturated rings. The van der Waals surface area contributed by atoms with Crippen molar-refractivity contribution in [2.24, 2.45) is 0 Å². The van der Waals surface area contributed by atoms with E-state index in [4.69, 9.17) is 4.74 Å². The molecular formula is C14H17NO3. The lowest BCUT2D eigenvalue weighted by atomic mass is 9.81. The Kier molecular flexibility index (Phi) is 4.37. The van der Waals surface area contributed by atoms with Gasteiger partial charge in [-0.15, -0.1) is 0 Å². The van der Waals surface area contributed by atoms with Gasteiger partial charge in [0.2, 0.25) is 0 Å². The van der Waals surface area contributed by atoms with Crippen LogP contribution in [0.1, 0.15) is 26.5 Å². The van der Waals surface area contributed by atoms with Crippen LogP contribution in [0.15, 0.2) is 37.1 Å². The Morgan fingerprint density at radius 3 is 2.56 bits per heavy atom. The molecule has 1 heterocycles. The van der Waals surface area contributed by atoms with Crippen LogP contribution in [0.4, 0.5) is 0 Å². The summed E-state index contributed by atoms with van der Waals surface area (Å²) in [5.41, 5.74) is 0.00763. The Morgan fingerprint density at radius 2 is 2.11 bits per heavy atom. The monoisotopic (exact) mass is 247 g/mol. The van der Waals surface area contributed by atoms with Gasteiger partial charge in [0.25, 0.3) is 0 Å².